The lowest BCUT2D eigenvalue weighted by atomic mass is 9.96. The molecule has 1 fully saturated rings. The predicted octanol–water partition coefficient (Wildman–Crippen LogP) is 0.714. The van der Waals surface area contributed by atoms with E-state index in [1.165, 1.54) is 0 Å². The molecule has 2 aromatic heterocycles. The van der Waals surface area contributed by atoms with Crippen LogP contribution in [-0.2, 0) is 11.3 Å². The Hall–Kier alpha value is -2.64. The Kier molecular flexibility index (Phi) is 5.25. The van der Waals surface area contributed by atoms with Crippen molar-refractivity contribution in [2.75, 3.05) is 31.6 Å². The number of rotatable bonds is 6. The lowest BCUT2D eigenvalue weighted by molar-refractivity contribution is -0.125. The van der Waals surface area contributed by atoms with Crippen molar-refractivity contribution in [3.05, 3.63) is 31.0 Å². The van der Waals surface area contributed by atoms with Gasteiger partial charge in [-0.2, -0.15) is 4.98 Å². The number of nitrogens with one attached hydrogen (secondary N) is 1. The van der Waals surface area contributed by atoms with E-state index in [2.05, 4.69) is 25.2 Å². The van der Waals surface area contributed by atoms with E-state index in [0.29, 0.717) is 18.4 Å². The molecular weight excluding hydrogens is 308 g/mol. The predicted molar refractivity (Wildman–Crippen MR) is 88.8 cm³/mol. The van der Waals surface area contributed by atoms with Crippen LogP contribution in [0.4, 0.5) is 5.95 Å². The third-order valence-corrected chi connectivity index (χ3v) is 4.20. The summed E-state index contributed by atoms with van der Waals surface area (Å²) in [6.45, 7) is 2.90. The quantitative estimate of drug-likeness (QED) is 0.840. The highest BCUT2D eigenvalue weighted by atomic mass is 16.5. The Balaban J connectivity index is 1.44. The molecule has 1 saturated heterocycles. The molecule has 8 heteroatoms. The summed E-state index contributed by atoms with van der Waals surface area (Å²) in [5.74, 6) is 1.39. The zero-order valence-electron chi connectivity index (χ0n) is 13.8. The van der Waals surface area contributed by atoms with E-state index in [-0.39, 0.29) is 11.8 Å². The summed E-state index contributed by atoms with van der Waals surface area (Å²) >= 11 is 0. The topological polar surface area (TPSA) is 85.2 Å². The molecule has 1 amide bonds. The molecule has 0 aliphatic carbocycles. The third-order valence-electron chi connectivity index (χ3n) is 4.20. The van der Waals surface area contributed by atoms with Gasteiger partial charge in [0, 0.05) is 56.8 Å². The normalized spacial score (nSPS) is 15.3. The summed E-state index contributed by atoms with van der Waals surface area (Å²) < 4.78 is 7.08. The van der Waals surface area contributed by atoms with Gasteiger partial charge < -0.3 is 19.5 Å². The summed E-state index contributed by atoms with van der Waals surface area (Å²) in [5, 5.41) is 3.01. The maximum Gasteiger partial charge on any atom is 0.228 e. The van der Waals surface area contributed by atoms with Crippen molar-refractivity contribution in [1.82, 2.24) is 24.8 Å². The minimum Gasteiger partial charge on any atom is -0.481 e. The van der Waals surface area contributed by atoms with Gasteiger partial charge in [0.05, 0.1) is 13.4 Å². The number of nitrogens with zero attached hydrogens (tertiary/aromatic N) is 5. The average Bonchev–Trinajstić information content (AvgIpc) is 3.15. The second-order valence-corrected chi connectivity index (χ2v) is 5.75. The minimum atomic E-state index is 0.0506. The second kappa shape index (κ2) is 7.76. The van der Waals surface area contributed by atoms with Crippen molar-refractivity contribution in [2.24, 2.45) is 5.92 Å². The second-order valence-electron chi connectivity index (χ2n) is 5.75. The standard InChI is InChI=1S/C16H22N6O2/c1-24-14-2-5-19-16(20-14)22-8-3-13(4-9-22)15(23)18-7-11-21-10-6-17-12-21/h2,5-6,10,12-13H,3-4,7-9,11H2,1H3,(H,18,23). The molecule has 0 unspecified atom stereocenters. The van der Waals surface area contributed by atoms with Gasteiger partial charge in [0.2, 0.25) is 17.7 Å². The molecule has 1 aliphatic rings. The van der Waals surface area contributed by atoms with E-state index in [0.717, 1.165) is 32.5 Å². The monoisotopic (exact) mass is 330 g/mol. The minimum absolute atomic E-state index is 0.0506. The molecule has 0 radical (unpaired) electrons. The summed E-state index contributed by atoms with van der Waals surface area (Å²) in [4.78, 5) is 27.0. The third kappa shape index (κ3) is 4.01. The van der Waals surface area contributed by atoms with E-state index in [4.69, 9.17) is 4.74 Å². The van der Waals surface area contributed by atoms with Gasteiger partial charge >= 0.3 is 0 Å². The van der Waals surface area contributed by atoms with Gasteiger partial charge in [0.25, 0.3) is 0 Å². The Morgan fingerprint density at radius 3 is 2.92 bits per heavy atom. The van der Waals surface area contributed by atoms with Gasteiger partial charge in [0.15, 0.2) is 0 Å². The Morgan fingerprint density at radius 2 is 2.21 bits per heavy atom. The van der Waals surface area contributed by atoms with Crippen LogP contribution in [0.5, 0.6) is 5.88 Å². The largest absolute Gasteiger partial charge is 0.481 e. The maximum absolute atomic E-state index is 12.3. The lowest BCUT2D eigenvalue weighted by Gasteiger charge is -2.31. The summed E-state index contributed by atoms with van der Waals surface area (Å²) in [7, 11) is 1.59. The van der Waals surface area contributed by atoms with Gasteiger partial charge in [-0.15, -0.1) is 0 Å². The van der Waals surface area contributed by atoms with Gasteiger partial charge in [-0.25, -0.2) is 9.97 Å². The maximum atomic E-state index is 12.3. The van der Waals surface area contributed by atoms with Crippen LogP contribution < -0.4 is 15.0 Å². The Labute approximate surface area is 140 Å². The van der Waals surface area contributed by atoms with E-state index in [9.17, 15) is 4.79 Å². The molecule has 2 aromatic rings. The molecule has 0 saturated carbocycles. The van der Waals surface area contributed by atoms with E-state index in [1.54, 1.807) is 31.9 Å². The molecule has 0 atom stereocenters. The van der Waals surface area contributed by atoms with Crippen molar-refractivity contribution >= 4 is 11.9 Å². The molecule has 1 N–H and O–H groups in total. The Morgan fingerprint density at radius 1 is 1.38 bits per heavy atom. The fraction of sp³-hybridized carbons (Fsp3) is 0.500. The first-order valence-corrected chi connectivity index (χ1v) is 8.11. The van der Waals surface area contributed by atoms with Crippen molar-refractivity contribution in [3.8, 4) is 5.88 Å². The number of imidazole rings is 1. The van der Waals surface area contributed by atoms with Crippen LogP contribution in [0.15, 0.2) is 31.0 Å². The van der Waals surface area contributed by atoms with E-state index < -0.39 is 0 Å². The van der Waals surface area contributed by atoms with Gasteiger partial charge in [-0.05, 0) is 12.8 Å². The molecule has 0 aromatic carbocycles. The highest BCUT2D eigenvalue weighted by molar-refractivity contribution is 5.78. The smallest absolute Gasteiger partial charge is 0.228 e. The molecule has 3 rings (SSSR count). The van der Waals surface area contributed by atoms with Crippen LogP contribution in [0, 0.1) is 5.92 Å². The van der Waals surface area contributed by atoms with Crippen LogP contribution in [0.3, 0.4) is 0 Å². The summed E-state index contributed by atoms with van der Waals surface area (Å²) in [6.07, 6.45) is 8.67. The Bertz CT molecular complexity index is 652. The highest BCUT2D eigenvalue weighted by Gasteiger charge is 2.26. The van der Waals surface area contributed by atoms with Gasteiger partial charge in [0.1, 0.15) is 0 Å². The fourth-order valence-electron chi connectivity index (χ4n) is 2.81. The molecule has 24 heavy (non-hydrogen) atoms. The molecule has 0 bridgehead atoms. The first kappa shape index (κ1) is 16.2. The van der Waals surface area contributed by atoms with Crippen molar-refractivity contribution in [3.63, 3.8) is 0 Å². The van der Waals surface area contributed by atoms with Crippen LogP contribution in [0.2, 0.25) is 0 Å². The number of hydrogen-bond donors (Lipinski definition) is 1. The van der Waals surface area contributed by atoms with Crippen LogP contribution in [-0.4, -0.2) is 52.2 Å². The number of aromatic nitrogens is 4. The molecule has 128 valence electrons. The van der Waals surface area contributed by atoms with Crippen molar-refractivity contribution in [1.29, 1.82) is 0 Å². The van der Waals surface area contributed by atoms with Gasteiger partial charge in [-0.1, -0.05) is 0 Å². The van der Waals surface area contributed by atoms with E-state index >= 15 is 0 Å². The number of methoxy groups -OCH3 is 1. The number of hydrogen-bond acceptors (Lipinski definition) is 6. The number of anilines is 1. The van der Waals surface area contributed by atoms with Gasteiger partial charge in [-0.3, -0.25) is 4.79 Å². The van der Waals surface area contributed by atoms with Crippen LogP contribution >= 0.6 is 0 Å². The molecule has 8 nitrogen and oxygen atoms in total. The molecular formula is C16H22N6O2. The van der Waals surface area contributed by atoms with Crippen LogP contribution in [0.1, 0.15) is 12.8 Å². The first-order chi connectivity index (χ1) is 11.8. The number of carbonyl (C=O) groups is 1. The summed E-state index contributed by atoms with van der Waals surface area (Å²) in [5.41, 5.74) is 0. The average molecular weight is 330 g/mol. The number of ether oxygens (including phenoxy) is 1. The molecule has 0 spiro atoms. The zero-order valence-corrected chi connectivity index (χ0v) is 13.8. The molecule has 3 heterocycles. The SMILES string of the molecule is COc1ccnc(N2CCC(C(=O)NCCn3ccnc3)CC2)n1. The number of amides is 1. The number of piperidine rings is 1. The zero-order chi connectivity index (χ0) is 16.8. The molecule has 1 aliphatic heterocycles. The lowest BCUT2D eigenvalue weighted by Crippen LogP contribution is -2.41. The van der Waals surface area contributed by atoms with Crippen molar-refractivity contribution < 1.29 is 9.53 Å². The highest BCUT2D eigenvalue weighted by Crippen LogP contribution is 2.21. The van der Waals surface area contributed by atoms with E-state index in [1.807, 2.05) is 10.8 Å². The summed E-state index contributed by atoms with van der Waals surface area (Å²) in [6, 6.07) is 1.73. The first-order valence-electron chi connectivity index (χ1n) is 8.11. The van der Waals surface area contributed by atoms with Crippen LogP contribution in [0.25, 0.3) is 0 Å². The van der Waals surface area contributed by atoms with Crippen molar-refractivity contribution in [2.45, 2.75) is 19.4 Å². The number of carbonyl (C=O) groups excluding carboxylic acids is 1. The fourth-order valence-corrected chi connectivity index (χ4v) is 2.81.